The molecule has 0 fully saturated rings. The second-order valence-corrected chi connectivity index (χ2v) is 3.93. The Hall–Kier alpha value is -2.63. The summed E-state index contributed by atoms with van der Waals surface area (Å²) in [5.74, 6) is -0.361. The highest BCUT2D eigenvalue weighted by molar-refractivity contribution is 5.87. The fourth-order valence-corrected chi connectivity index (χ4v) is 1.69. The summed E-state index contributed by atoms with van der Waals surface area (Å²) in [6, 6.07) is 7.71. The fraction of sp³-hybridized carbons (Fsp3) is 0.154. The maximum Gasteiger partial charge on any atom is 0.373 e. The highest BCUT2D eigenvalue weighted by Crippen LogP contribution is 2.32. The zero-order chi connectivity index (χ0) is 14.0. The standard InChI is InChI=1S/C13H11NO5/c1-8-3-4-9(10(7-8)14(16)17)11-5-6-12(19-11)13(15)18-2/h3-7H,1-2H3. The number of nitrogens with zero attached hydrogens (tertiary/aromatic N) is 1. The molecule has 0 saturated carbocycles. The van der Waals surface area contributed by atoms with E-state index in [1.165, 1.54) is 25.3 Å². The molecule has 19 heavy (non-hydrogen) atoms. The molecule has 0 unspecified atom stereocenters. The van der Waals surface area contributed by atoms with Gasteiger partial charge in [0.05, 0.1) is 17.6 Å². The summed E-state index contributed by atoms with van der Waals surface area (Å²) < 4.78 is 9.79. The zero-order valence-corrected chi connectivity index (χ0v) is 10.4. The van der Waals surface area contributed by atoms with Gasteiger partial charge in [0.15, 0.2) is 0 Å². The Balaban J connectivity index is 2.50. The molecule has 98 valence electrons. The van der Waals surface area contributed by atoms with Gasteiger partial charge in [-0.1, -0.05) is 6.07 Å². The number of hydrogen-bond donors (Lipinski definition) is 0. The number of benzene rings is 1. The van der Waals surface area contributed by atoms with Crippen molar-refractivity contribution in [1.82, 2.24) is 0 Å². The van der Waals surface area contributed by atoms with Crippen molar-refractivity contribution in [3.63, 3.8) is 0 Å². The van der Waals surface area contributed by atoms with Crippen LogP contribution in [0.2, 0.25) is 0 Å². The average molecular weight is 261 g/mol. The van der Waals surface area contributed by atoms with Crippen LogP contribution >= 0.6 is 0 Å². The Morgan fingerprint density at radius 3 is 2.68 bits per heavy atom. The van der Waals surface area contributed by atoms with E-state index in [0.717, 1.165) is 5.56 Å². The van der Waals surface area contributed by atoms with Gasteiger partial charge >= 0.3 is 5.97 Å². The molecule has 2 aromatic rings. The Morgan fingerprint density at radius 1 is 1.32 bits per heavy atom. The molecule has 0 bridgehead atoms. The van der Waals surface area contributed by atoms with Crippen LogP contribution in [0, 0.1) is 17.0 Å². The smallest absolute Gasteiger partial charge is 0.373 e. The Bertz CT molecular complexity index is 644. The number of hydrogen-bond acceptors (Lipinski definition) is 5. The van der Waals surface area contributed by atoms with Crippen molar-refractivity contribution in [2.75, 3.05) is 7.11 Å². The van der Waals surface area contributed by atoms with Gasteiger partial charge in [-0.3, -0.25) is 10.1 Å². The van der Waals surface area contributed by atoms with Crippen molar-refractivity contribution in [2.45, 2.75) is 6.92 Å². The minimum atomic E-state index is -0.624. The molecule has 0 amide bonds. The molecule has 6 heteroatoms. The van der Waals surface area contributed by atoms with Crippen molar-refractivity contribution in [2.24, 2.45) is 0 Å². The van der Waals surface area contributed by atoms with E-state index in [0.29, 0.717) is 5.56 Å². The molecule has 6 nitrogen and oxygen atoms in total. The number of furan rings is 1. The van der Waals surface area contributed by atoms with Crippen LogP contribution in [-0.2, 0) is 4.74 Å². The van der Waals surface area contributed by atoms with Crippen LogP contribution in [0.4, 0.5) is 5.69 Å². The summed E-state index contributed by atoms with van der Waals surface area (Å²) in [7, 11) is 1.23. The summed E-state index contributed by atoms with van der Waals surface area (Å²) in [4.78, 5) is 21.8. The first kappa shape index (κ1) is 12.8. The minimum Gasteiger partial charge on any atom is -0.463 e. The largest absolute Gasteiger partial charge is 0.463 e. The van der Waals surface area contributed by atoms with Crippen molar-refractivity contribution in [3.05, 3.63) is 51.8 Å². The van der Waals surface area contributed by atoms with Crippen LogP contribution in [0.25, 0.3) is 11.3 Å². The van der Waals surface area contributed by atoms with Gasteiger partial charge in [0.1, 0.15) is 5.76 Å². The lowest BCUT2D eigenvalue weighted by Crippen LogP contribution is -1.98. The first-order valence-corrected chi connectivity index (χ1v) is 5.46. The van der Waals surface area contributed by atoms with Crippen LogP contribution in [0.1, 0.15) is 16.1 Å². The van der Waals surface area contributed by atoms with Gasteiger partial charge < -0.3 is 9.15 Å². The molecule has 0 radical (unpaired) electrons. The second-order valence-electron chi connectivity index (χ2n) is 3.93. The van der Waals surface area contributed by atoms with E-state index in [-0.39, 0.29) is 17.2 Å². The number of esters is 1. The predicted octanol–water partition coefficient (Wildman–Crippen LogP) is 2.95. The number of ether oxygens (including phenoxy) is 1. The molecule has 0 spiro atoms. The summed E-state index contributed by atoms with van der Waals surface area (Å²) >= 11 is 0. The molecule has 1 aromatic carbocycles. The lowest BCUT2D eigenvalue weighted by atomic mass is 10.1. The van der Waals surface area contributed by atoms with E-state index in [9.17, 15) is 14.9 Å². The average Bonchev–Trinajstić information content (AvgIpc) is 2.87. The van der Waals surface area contributed by atoms with E-state index in [1.807, 2.05) is 0 Å². The quantitative estimate of drug-likeness (QED) is 0.482. The van der Waals surface area contributed by atoms with E-state index in [2.05, 4.69) is 4.74 Å². The fourth-order valence-electron chi connectivity index (χ4n) is 1.69. The van der Waals surface area contributed by atoms with Gasteiger partial charge in [-0.2, -0.15) is 0 Å². The van der Waals surface area contributed by atoms with Gasteiger partial charge in [0.25, 0.3) is 5.69 Å². The summed E-state index contributed by atoms with van der Waals surface area (Å²) in [6.45, 7) is 1.76. The van der Waals surface area contributed by atoms with Crippen molar-refractivity contribution in [1.29, 1.82) is 0 Å². The molecule has 0 aliphatic rings. The van der Waals surface area contributed by atoms with Crippen LogP contribution in [0.3, 0.4) is 0 Å². The SMILES string of the molecule is COC(=O)c1ccc(-c2ccc(C)cc2[N+](=O)[O-])o1. The Morgan fingerprint density at radius 2 is 2.05 bits per heavy atom. The van der Waals surface area contributed by atoms with E-state index in [4.69, 9.17) is 4.42 Å². The summed E-state index contributed by atoms with van der Waals surface area (Å²) in [6.07, 6.45) is 0. The number of aryl methyl sites for hydroxylation is 1. The van der Waals surface area contributed by atoms with E-state index >= 15 is 0 Å². The van der Waals surface area contributed by atoms with Gasteiger partial charge in [0.2, 0.25) is 5.76 Å². The van der Waals surface area contributed by atoms with Crippen LogP contribution < -0.4 is 0 Å². The first-order valence-electron chi connectivity index (χ1n) is 5.46. The van der Waals surface area contributed by atoms with Crippen LogP contribution in [0.15, 0.2) is 34.7 Å². The van der Waals surface area contributed by atoms with Crippen LogP contribution in [-0.4, -0.2) is 18.0 Å². The third kappa shape index (κ3) is 2.47. The van der Waals surface area contributed by atoms with Crippen LogP contribution in [0.5, 0.6) is 0 Å². The van der Waals surface area contributed by atoms with Crippen molar-refractivity contribution < 1.29 is 18.9 Å². The number of nitro benzene ring substituents is 1. The number of rotatable bonds is 3. The van der Waals surface area contributed by atoms with E-state index in [1.54, 1.807) is 19.1 Å². The number of carbonyl (C=O) groups is 1. The lowest BCUT2D eigenvalue weighted by Gasteiger charge is -2.01. The molecule has 0 aliphatic heterocycles. The molecule has 0 aliphatic carbocycles. The maximum absolute atomic E-state index is 11.3. The van der Waals surface area contributed by atoms with Crippen molar-refractivity contribution >= 4 is 11.7 Å². The topological polar surface area (TPSA) is 82.6 Å². The minimum absolute atomic E-state index is 0.00683. The Labute approximate surface area is 108 Å². The maximum atomic E-state index is 11.3. The molecule has 1 aromatic heterocycles. The number of methoxy groups -OCH3 is 1. The highest BCUT2D eigenvalue weighted by Gasteiger charge is 2.20. The van der Waals surface area contributed by atoms with Gasteiger partial charge in [0, 0.05) is 6.07 Å². The zero-order valence-electron chi connectivity index (χ0n) is 10.4. The normalized spacial score (nSPS) is 10.2. The molecule has 0 atom stereocenters. The third-order valence-corrected chi connectivity index (χ3v) is 2.61. The summed E-state index contributed by atoms with van der Waals surface area (Å²) in [5.41, 5.74) is 1.03. The first-order chi connectivity index (χ1) is 9.02. The molecule has 0 saturated heterocycles. The highest BCUT2D eigenvalue weighted by atomic mass is 16.6. The van der Waals surface area contributed by atoms with Gasteiger partial charge in [-0.15, -0.1) is 0 Å². The van der Waals surface area contributed by atoms with Gasteiger partial charge in [-0.05, 0) is 30.7 Å². The Kier molecular flexibility index (Phi) is 3.33. The molecule has 0 N–H and O–H groups in total. The monoisotopic (exact) mass is 261 g/mol. The number of carbonyl (C=O) groups excluding carboxylic acids is 1. The predicted molar refractivity (Wildman–Crippen MR) is 66.9 cm³/mol. The van der Waals surface area contributed by atoms with Gasteiger partial charge in [-0.25, -0.2) is 4.79 Å². The van der Waals surface area contributed by atoms with Crippen molar-refractivity contribution in [3.8, 4) is 11.3 Å². The lowest BCUT2D eigenvalue weighted by molar-refractivity contribution is -0.384. The number of nitro groups is 1. The second kappa shape index (κ2) is 4.93. The summed E-state index contributed by atoms with van der Waals surface area (Å²) in [5, 5.41) is 11.0. The molecule has 2 rings (SSSR count). The molecule has 1 heterocycles. The molecular weight excluding hydrogens is 250 g/mol. The van der Waals surface area contributed by atoms with E-state index < -0.39 is 10.9 Å². The third-order valence-electron chi connectivity index (χ3n) is 2.61. The molecular formula is C13H11NO5.